The molecule has 2 aromatic carbocycles. The highest BCUT2D eigenvalue weighted by molar-refractivity contribution is 6.30. The minimum absolute atomic E-state index is 0.106. The van der Waals surface area contributed by atoms with E-state index in [4.69, 9.17) is 21.6 Å². The van der Waals surface area contributed by atoms with Crippen molar-refractivity contribution in [1.29, 1.82) is 5.26 Å². The molecule has 0 bridgehead atoms. The molecule has 1 fully saturated rings. The maximum atomic E-state index is 11.7. The number of hydrogen-bond donors (Lipinski definition) is 1. The molecule has 1 amide bonds. The minimum atomic E-state index is -1.00. The van der Waals surface area contributed by atoms with E-state index in [1.54, 1.807) is 12.1 Å². The first-order valence-electron chi connectivity index (χ1n) is 10.9. The lowest BCUT2D eigenvalue weighted by Gasteiger charge is -2.29. The molecule has 0 spiro atoms. The third kappa shape index (κ3) is 4.24. The number of ether oxygens (including phenoxy) is 1. The minimum Gasteiger partial charge on any atom is -0.490 e. The van der Waals surface area contributed by atoms with Crippen LogP contribution < -0.4 is 4.74 Å². The van der Waals surface area contributed by atoms with Gasteiger partial charge in [0, 0.05) is 10.9 Å². The molecule has 168 valence electrons. The maximum absolute atomic E-state index is 11.7. The van der Waals surface area contributed by atoms with Gasteiger partial charge >= 0.3 is 6.09 Å². The van der Waals surface area contributed by atoms with Gasteiger partial charge in [0.05, 0.1) is 36.5 Å². The van der Waals surface area contributed by atoms with Crippen LogP contribution in [0, 0.1) is 11.3 Å². The molecule has 1 saturated carbocycles. The van der Waals surface area contributed by atoms with Gasteiger partial charge in [-0.25, -0.2) is 4.79 Å². The molecule has 2 heterocycles. The summed E-state index contributed by atoms with van der Waals surface area (Å²) in [5.41, 5.74) is 2.33. The van der Waals surface area contributed by atoms with E-state index in [0.717, 1.165) is 48.5 Å². The van der Waals surface area contributed by atoms with E-state index < -0.39 is 6.09 Å². The van der Waals surface area contributed by atoms with E-state index in [0.29, 0.717) is 16.4 Å². The number of benzene rings is 2. The molecule has 2 aliphatic rings. The molecule has 3 aromatic rings. The molecule has 9 heteroatoms. The highest BCUT2D eigenvalue weighted by atomic mass is 35.5. The summed E-state index contributed by atoms with van der Waals surface area (Å²) in [6.07, 6.45) is 2.65. The summed E-state index contributed by atoms with van der Waals surface area (Å²) in [5.74, 6) is 2.45. The monoisotopic (exact) mass is 463 g/mol. The summed E-state index contributed by atoms with van der Waals surface area (Å²) in [6, 6.07) is 14.8. The molecular weight excluding hydrogens is 442 g/mol. The molecule has 0 atom stereocenters. The average Bonchev–Trinajstić information content (AvgIpc) is 3.15. The van der Waals surface area contributed by atoms with Crippen molar-refractivity contribution in [3.05, 3.63) is 70.3 Å². The zero-order chi connectivity index (χ0) is 22.9. The Kier molecular flexibility index (Phi) is 5.65. The van der Waals surface area contributed by atoms with E-state index in [1.165, 1.54) is 4.90 Å². The Labute approximate surface area is 196 Å². The van der Waals surface area contributed by atoms with E-state index >= 15 is 0 Å². The maximum Gasteiger partial charge on any atom is 0.408 e. The number of aromatic nitrogens is 3. The first-order chi connectivity index (χ1) is 16.0. The molecule has 1 aliphatic carbocycles. The van der Waals surface area contributed by atoms with Crippen molar-refractivity contribution in [1.82, 2.24) is 19.7 Å². The van der Waals surface area contributed by atoms with Crippen molar-refractivity contribution in [2.75, 3.05) is 0 Å². The normalized spacial score (nSPS) is 19.7. The van der Waals surface area contributed by atoms with Crippen LogP contribution in [0.3, 0.4) is 0 Å². The molecule has 0 saturated heterocycles. The standard InChI is InChI=1S/C24H22ClN5O3/c25-18-5-10-21-17(11-18)13-29(24(31)32)14-22-27-28-23(30(21)22)16-3-8-20(9-4-16)33-19-6-1-15(12-26)2-7-19/h1-2,5-7,10-11,16,20H,3-4,8-9,13-14H2,(H,31,32)/t16-,20-. The van der Waals surface area contributed by atoms with Gasteiger partial charge in [0.2, 0.25) is 0 Å². The molecule has 0 unspecified atom stereocenters. The smallest absolute Gasteiger partial charge is 0.408 e. The number of nitrogens with zero attached hydrogens (tertiary/aromatic N) is 5. The predicted octanol–water partition coefficient (Wildman–Crippen LogP) is 4.89. The van der Waals surface area contributed by atoms with Crippen LogP contribution in [0.15, 0.2) is 42.5 Å². The van der Waals surface area contributed by atoms with Crippen LogP contribution >= 0.6 is 11.6 Å². The Hall–Kier alpha value is -3.57. The summed E-state index contributed by atoms with van der Waals surface area (Å²) in [4.78, 5) is 13.1. The quantitative estimate of drug-likeness (QED) is 0.592. The molecule has 5 rings (SSSR count). The number of carboxylic acid groups (broad SMARTS) is 1. The summed E-state index contributed by atoms with van der Waals surface area (Å²) in [5, 5.41) is 28.0. The number of hydrogen-bond acceptors (Lipinski definition) is 5. The van der Waals surface area contributed by atoms with Crippen molar-refractivity contribution < 1.29 is 14.6 Å². The van der Waals surface area contributed by atoms with Crippen molar-refractivity contribution in [3.63, 3.8) is 0 Å². The van der Waals surface area contributed by atoms with Gasteiger partial charge in [0.15, 0.2) is 5.82 Å². The van der Waals surface area contributed by atoms with Crippen LogP contribution in [-0.2, 0) is 13.1 Å². The first kappa shape index (κ1) is 21.3. The van der Waals surface area contributed by atoms with Crippen molar-refractivity contribution in [2.45, 2.75) is 50.8 Å². The van der Waals surface area contributed by atoms with Crippen LogP contribution in [0.2, 0.25) is 5.02 Å². The zero-order valence-corrected chi connectivity index (χ0v) is 18.6. The fraction of sp³-hybridized carbons (Fsp3) is 0.333. The largest absolute Gasteiger partial charge is 0.490 e. The topological polar surface area (TPSA) is 104 Å². The number of rotatable bonds is 3. The van der Waals surface area contributed by atoms with Gasteiger partial charge in [-0.05, 0) is 73.7 Å². The summed E-state index contributed by atoms with van der Waals surface area (Å²) < 4.78 is 8.14. The first-order valence-corrected chi connectivity index (χ1v) is 11.3. The van der Waals surface area contributed by atoms with Gasteiger partial charge < -0.3 is 9.84 Å². The fourth-order valence-electron chi connectivity index (χ4n) is 4.67. The Balaban J connectivity index is 1.36. The number of carbonyl (C=O) groups is 1. The fourth-order valence-corrected chi connectivity index (χ4v) is 4.86. The van der Waals surface area contributed by atoms with Crippen LogP contribution in [0.1, 0.15) is 54.4 Å². The van der Waals surface area contributed by atoms with Crippen LogP contribution in [0.25, 0.3) is 5.69 Å². The van der Waals surface area contributed by atoms with Gasteiger partial charge in [-0.15, -0.1) is 10.2 Å². The Bertz CT molecular complexity index is 1230. The third-order valence-electron chi connectivity index (χ3n) is 6.33. The number of amides is 1. The molecular formula is C24H22ClN5O3. The lowest BCUT2D eigenvalue weighted by molar-refractivity contribution is 0.138. The molecule has 1 N–H and O–H groups in total. The van der Waals surface area contributed by atoms with Crippen LogP contribution in [-0.4, -0.2) is 37.0 Å². The second-order valence-corrected chi connectivity index (χ2v) is 8.89. The molecule has 33 heavy (non-hydrogen) atoms. The summed E-state index contributed by atoms with van der Waals surface area (Å²) in [7, 11) is 0. The summed E-state index contributed by atoms with van der Waals surface area (Å²) in [6.45, 7) is 0.422. The number of halogens is 1. The number of fused-ring (bicyclic) bond motifs is 3. The highest BCUT2D eigenvalue weighted by Crippen LogP contribution is 2.37. The Morgan fingerprint density at radius 2 is 1.85 bits per heavy atom. The van der Waals surface area contributed by atoms with E-state index in [9.17, 15) is 9.90 Å². The highest BCUT2D eigenvalue weighted by Gasteiger charge is 2.32. The summed E-state index contributed by atoms with van der Waals surface area (Å²) >= 11 is 6.21. The van der Waals surface area contributed by atoms with Crippen molar-refractivity contribution in [3.8, 4) is 17.5 Å². The number of nitriles is 1. The van der Waals surface area contributed by atoms with E-state index in [-0.39, 0.29) is 25.1 Å². The molecule has 1 aromatic heterocycles. The van der Waals surface area contributed by atoms with Gasteiger partial charge in [-0.3, -0.25) is 9.47 Å². The Morgan fingerprint density at radius 1 is 1.09 bits per heavy atom. The lowest BCUT2D eigenvalue weighted by atomic mass is 9.86. The van der Waals surface area contributed by atoms with Gasteiger partial charge in [-0.2, -0.15) is 5.26 Å². The lowest BCUT2D eigenvalue weighted by Crippen LogP contribution is -2.28. The molecule has 0 radical (unpaired) electrons. The van der Waals surface area contributed by atoms with Crippen molar-refractivity contribution >= 4 is 17.7 Å². The van der Waals surface area contributed by atoms with Crippen LogP contribution in [0.4, 0.5) is 4.79 Å². The van der Waals surface area contributed by atoms with Crippen molar-refractivity contribution in [2.24, 2.45) is 0 Å². The molecule has 1 aliphatic heterocycles. The third-order valence-corrected chi connectivity index (χ3v) is 6.56. The van der Waals surface area contributed by atoms with Gasteiger partial charge in [0.1, 0.15) is 11.6 Å². The second kappa shape index (κ2) is 8.75. The van der Waals surface area contributed by atoms with Gasteiger partial charge in [0.25, 0.3) is 0 Å². The van der Waals surface area contributed by atoms with Crippen LogP contribution in [0.5, 0.6) is 5.75 Å². The predicted molar refractivity (Wildman–Crippen MR) is 120 cm³/mol. The second-order valence-electron chi connectivity index (χ2n) is 8.45. The van der Waals surface area contributed by atoms with Gasteiger partial charge in [-0.1, -0.05) is 11.6 Å². The van der Waals surface area contributed by atoms with E-state index in [2.05, 4.69) is 16.3 Å². The zero-order valence-electron chi connectivity index (χ0n) is 17.8. The van der Waals surface area contributed by atoms with E-state index in [1.807, 2.05) is 34.9 Å². The SMILES string of the molecule is N#Cc1ccc(O[C@H]2CC[C@H](c3nnc4n3-c3ccc(Cl)cc3CN(C(=O)O)C4)CC2)cc1. The Morgan fingerprint density at radius 3 is 2.55 bits per heavy atom. The molecule has 8 nitrogen and oxygen atoms in total. The average molecular weight is 464 g/mol.